The van der Waals surface area contributed by atoms with E-state index in [1.54, 1.807) is 11.0 Å². The molecular formula is C14H20ClN3O2. The van der Waals surface area contributed by atoms with Gasteiger partial charge in [0.1, 0.15) is 17.1 Å². The van der Waals surface area contributed by atoms with Crippen molar-refractivity contribution in [1.29, 1.82) is 0 Å². The van der Waals surface area contributed by atoms with Crippen molar-refractivity contribution in [3.8, 4) is 0 Å². The van der Waals surface area contributed by atoms with E-state index in [0.717, 1.165) is 25.1 Å². The number of hydrogen-bond donors (Lipinski definition) is 0. The van der Waals surface area contributed by atoms with Gasteiger partial charge in [0.2, 0.25) is 0 Å². The van der Waals surface area contributed by atoms with Crippen LogP contribution in [0.5, 0.6) is 0 Å². The number of amides is 1. The van der Waals surface area contributed by atoms with E-state index in [2.05, 4.69) is 9.97 Å². The third-order valence-electron chi connectivity index (χ3n) is 3.15. The largest absolute Gasteiger partial charge is 0.444 e. The van der Waals surface area contributed by atoms with Gasteiger partial charge in [-0.05, 0) is 39.7 Å². The number of ether oxygens (including phenoxy) is 1. The standard InChI is InChI=1S/C14H20ClN3O2/c1-14(2,3)20-13(19)18-6-4-5-10(8-18)11-7-12(15)17-9-16-11/h7,9-10H,4-6,8H2,1-3H3/t10-/m0/s1. The van der Waals surface area contributed by atoms with E-state index in [-0.39, 0.29) is 12.0 Å². The van der Waals surface area contributed by atoms with Crippen LogP contribution < -0.4 is 0 Å². The summed E-state index contributed by atoms with van der Waals surface area (Å²) in [4.78, 5) is 22.0. The van der Waals surface area contributed by atoms with Crippen LogP contribution in [0.1, 0.15) is 45.2 Å². The fraction of sp³-hybridized carbons (Fsp3) is 0.643. The number of likely N-dealkylation sites (tertiary alicyclic amines) is 1. The maximum atomic E-state index is 12.1. The molecule has 1 saturated heterocycles. The summed E-state index contributed by atoms with van der Waals surface area (Å²) in [5.41, 5.74) is 0.417. The van der Waals surface area contributed by atoms with Gasteiger partial charge in [-0.2, -0.15) is 0 Å². The van der Waals surface area contributed by atoms with Gasteiger partial charge in [-0.15, -0.1) is 0 Å². The summed E-state index contributed by atoms with van der Waals surface area (Å²) in [6.07, 6.45) is 3.13. The highest BCUT2D eigenvalue weighted by atomic mass is 35.5. The van der Waals surface area contributed by atoms with Crippen LogP contribution in [-0.2, 0) is 4.74 Å². The average molecular weight is 298 g/mol. The highest BCUT2D eigenvalue weighted by molar-refractivity contribution is 6.29. The average Bonchev–Trinajstić information content (AvgIpc) is 2.37. The minimum Gasteiger partial charge on any atom is -0.444 e. The smallest absolute Gasteiger partial charge is 0.410 e. The summed E-state index contributed by atoms with van der Waals surface area (Å²) in [5, 5.41) is 0.435. The molecule has 0 N–H and O–H groups in total. The van der Waals surface area contributed by atoms with E-state index in [9.17, 15) is 4.79 Å². The Morgan fingerprint density at radius 2 is 2.20 bits per heavy atom. The molecule has 0 unspecified atom stereocenters. The molecule has 110 valence electrons. The van der Waals surface area contributed by atoms with Crippen LogP contribution in [0.4, 0.5) is 4.79 Å². The fourth-order valence-corrected chi connectivity index (χ4v) is 2.44. The summed E-state index contributed by atoms with van der Waals surface area (Å²) < 4.78 is 5.41. The molecule has 1 amide bonds. The monoisotopic (exact) mass is 297 g/mol. The van der Waals surface area contributed by atoms with Gasteiger partial charge >= 0.3 is 6.09 Å². The highest BCUT2D eigenvalue weighted by Gasteiger charge is 2.28. The first kappa shape index (κ1) is 15.0. The lowest BCUT2D eigenvalue weighted by Crippen LogP contribution is -2.42. The van der Waals surface area contributed by atoms with E-state index < -0.39 is 5.60 Å². The molecule has 0 bridgehead atoms. The second-order valence-corrected chi connectivity index (χ2v) is 6.42. The molecule has 2 heterocycles. The Bertz CT molecular complexity index is 488. The fourth-order valence-electron chi connectivity index (χ4n) is 2.28. The lowest BCUT2D eigenvalue weighted by molar-refractivity contribution is 0.0197. The quantitative estimate of drug-likeness (QED) is 0.747. The minimum atomic E-state index is -0.470. The maximum absolute atomic E-state index is 12.1. The Hall–Kier alpha value is -1.36. The van der Waals surface area contributed by atoms with Crippen molar-refractivity contribution in [3.05, 3.63) is 23.2 Å². The first-order chi connectivity index (χ1) is 9.35. The molecule has 0 spiro atoms. The van der Waals surface area contributed by atoms with Crippen molar-refractivity contribution in [1.82, 2.24) is 14.9 Å². The maximum Gasteiger partial charge on any atom is 0.410 e. The van der Waals surface area contributed by atoms with Gasteiger partial charge < -0.3 is 9.64 Å². The van der Waals surface area contributed by atoms with Gasteiger partial charge in [-0.25, -0.2) is 14.8 Å². The van der Waals surface area contributed by atoms with Gasteiger partial charge in [-0.3, -0.25) is 0 Å². The summed E-state index contributed by atoms with van der Waals surface area (Å²) >= 11 is 5.89. The van der Waals surface area contributed by atoms with Crippen molar-refractivity contribution >= 4 is 17.7 Å². The zero-order valence-corrected chi connectivity index (χ0v) is 12.9. The summed E-state index contributed by atoms with van der Waals surface area (Å²) in [7, 11) is 0. The zero-order valence-electron chi connectivity index (χ0n) is 12.1. The van der Waals surface area contributed by atoms with Gasteiger partial charge in [0, 0.05) is 19.0 Å². The third-order valence-corrected chi connectivity index (χ3v) is 3.35. The second kappa shape index (κ2) is 5.95. The first-order valence-electron chi connectivity index (χ1n) is 6.80. The van der Waals surface area contributed by atoms with Crippen LogP contribution in [-0.4, -0.2) is 39.7 Å². The molecule has 0 aromatic carbocycles. The normalized spacial score (nSPS) is 19.8. The predicted molar refractivity (Wildman–Crippen MR) is 76.8 cm³/mol. The Kier molecular flexibility index (Phi) is 4.48. The van der Waals surface area contributed by atoms with Gasteiger partial charge in [-0.1, -0.05) is 11.6 Å². The second-order valence-electron chi connectivity index (χ2n) is 6.03. The number of hydrogen-bond acceptors (Lipinski definition) is 4. The molecule has 1 fully saturated rings. The number of carbonyl (C=O) groups excluding carboxylic acids is 1. The highest BCUT2D eigenvalue weighted by Crippen LogP contribution is 2.27. The SMILES string of the molecule is CC(C)(C)OC(=O)N1CCC[C@H](c2cc(Cl)ncn2)C1. The van der Waals surface area contributed by atoms with Crippen LogP contribution in [0, 0.1) is 0 Å². The van der Waals surface area contributed by atoms with E-state index in [1.165, 1.54) is 6.33 Å². The van der Waals surface area contributed by atoms with Crippen LogP contribution in [0.15, 0.2) is 12.4 Å². The number of aromatic nitrogens is 2. The van der Waals surface area contributed by atoms with Crippen molar-refractivity contribution < 1.29 is 9.53 Å². The number of nitrogens with zero attached hydrogens (tertiary/aromatic N) is 3. The summed E-state index contributed by atoms with van der Waals surface area (Å²) in [5.74, 6) is 0.191. The third kappa shape index (κ3) is 4.07. The van der Waals surface area contributed by atoms with E-state index in [4.69, 9.17) is 16.3 Å². The molecule has 1 aromatic heterocycles. The molecule has 6 heteroatoms. The number of halogens is 1. The molecule has 0 aliphatic carbocycles. The molecular weight excluding hydrogens is 278 g/mol. The molecule has 1 atom stereocenters. The number of carbonyl (C=O) groups is 1. The Morgan fingerprint density at radius 3 is 2.85 bits per heavy atom. The van der Waals surface area contributed by atoms with Crippen LogP contribution >= 0.6 is 11.6 Å². The summed E-state index contributed by atoms with van der Waals surface area (Å²) in [6, 6.07) is 1.77. The molecule has 20 heavy (non-hydrogen) atoms. The molecule has 1 aliphatic heterocycles. The van der Waals surface area contributed by atoms with Crippen LogP contribution in [0.2, 0.25) is 5.15 Å². The molecule has 1 aromatic rings. The van der Waals surface area contributed by atoms with E-state index in [0.29, 0.717) is 11.7 Å². The topological polar surface area (TPSA) is 55.3 Å². The van der Waals surface area contributed by atoms with Crippen molar-refractivity contribution in [2.75, 3.05) is 13.1 Å². The summed E-state index contributed by atoms with van der Waals surface area (Å²) in [6.45, 7) is 6.95. The molecule has 2 rings (SSSR count). The van der Waals surface area contributed by atoms with E-state index in [1.807, 2.05) is 20.8 Å². The number of rotatable bonds is 1. The lowest BCUT2D eigenvalue weighted by atomic mass is 9.95. The van der Waals surface area contributed by atoms with Crippen LogP contribution in [0.3, 0.4) is 0 Å². The van der Waals surface area contributed by atoms with Crippen molar-refractivity contribution in [2.24, 2.45) is 0 Å². The Labute approximate surface area is 124 Å². The Morgan fingerprint density at radius 1 is 1.45 bits per heavy atom. The Balaban J connectivity index is 2.03. The van der Waals surface area contributed by atoms with Gasteiger partial charge in [0.15, 0.2) is 0 Å². The predicted octanol–water partition coefficient (Wildman–Crippen LogP) is 3.24. The minimum absolute atomic E-state index is 0.191. The van der Waals surface area contributed by atoms with Gasteiger partial charge in [0.25, 0.3) is 0 Å². The van der Waals surface area contributed by atoms with Crippen LogP contribution in [0.25, 0.3) is 0 Å². The van der Waals surface area contributed by atoms with Crippen molar-refractivity contribution in [2.45, 2.75) is 45.1 Å². The number of piperidine rings is 1. The molecule has 5 nitrogen and oxygen atoms in total. The van der Waals surface area contributed by atoms with Gasteiger partial charge in [0.05, 0.1) is 5.69 Å². The molecule has 0 saturated carbocycles. The molecule has 0 radical (unpaired) electrons. The zero-order chi connectivity index (χ0) is 14.8. The first-order valence-corrected chi connectivity index (χ1v) is 7.18. The van der Waals surface area contributed by atoms with Crippen molar-refractivity contribution in [3.63, 3.8) is 0 Å². The molecule has 1 aliphatic rings. The lowest BCUT2D eigenvalue weighted by Gasteiger charge is -2.33. The van der Waals surface area contributed by atoms with E-state index >= 15 is 0 Å².